The van der Waals surface area contributed by atoms with Gasteiger partial charge in [0.15, 0.2) is 23.1 Å². The third-order valence-corrected chi connectivity index (χ3v) is 8.00. The highest BCUT2D eigenvalue weighted by Crippen LogP contribution is 2.40. The van der Waals surface area contributed by atoms with Gasteiger partial charge in [0, 0.05) is 38.5 Å². The molecule has 7 nitrogen and oxygen atoms in total. The van der Waals surface area contributed by atoms with Crippen LogP contribution in [0.3, 0.4) is 0 Å². The van der Waals surface area contributed by atoms with Crippen LogP contribution in [-0.4, -0.2) is 29.7 Å². The number of hydrogen-bond acceptors (Lipinski definition) is 6. The SMILES string of the molecule is c1ccc(-c2nc(-c3ccccc3)nc(-c3cccc(-n4c5nnccc5c5ccc6oc7ccccc7c6c54)c3)n2)cc1. The second-order valence-corrected chi connectivity index (χ2v) is 10.6. The van der Waals surface area contributed by atoms with E-state index in [1.54, 1.807) is 6.20 Å². The Labute approximate surface area is 251 Å². The fraction of sp³-hybridized carbons (Fsp3) is 0. The normalized spacial score (nSPS) is 11.6. The van der Waals surface area contributed by atoms with Crippen molar-refractivity contribution >= 4 is 43.9 Å². The molecule has 9 rings (SSSR count). The van der Waals surface area contributed by atoms with E-state index in [4.69, 9.17) is 19.4 Å². The number of furan rings is 1. The maximum absolute atomic E-state index is 6.27. The van der Waals surface area contributed by atoms with E-state index in [2.05, 4.69) is 39.0 Å². The van der Waals surface area contributed by atoms with Gasteiger partial charge in [-0.2, -0.15) is 5.10 Å². The van der Waals surface area contributed by atoms with Crippen LogP contribution in [0.25, 0.3) is 83.7 Å². The number of fused-ring (bicyclic) bond motifs is 7. The predicted octanol–water partition coefficient (Wildman–Crippen LogP) is 8.66. The first kappa shape index (κ1) is 24.4. The molecule has 9 aromatic rings. The van der Waals surface area contributed by atoms with Crippen LogP contribution >= 0.6 is 0 Å². The van der Waals surface area contributed by atoms with E-state index in [0.29, 0.717) is 17.5 Å². The fourth-order valence-electron chi connectivity index (χ4n) is 6.03. The Balaban J connectivity index is 1.31. The first-order chi connectivity index (χ1) is 21.8. The molecule has 0 bridgehead atoms. The summed E-state index contributed by atoms with van der Waals surface area (Å²) in [6, 6.07) is 42.6. The van der Waals surface area contributed by atoms with Crippen molar-refractivity contribution in [2.45, 2.75) is 0 Å². The van der Waals surface area contributed by atoms with Crippen molar-refractivity contribution in [3.05, 3.63) is 134 Å². The van der Waals surface area contributed by atoms with Gasteiger partial charge in [-0.05, 0) is 36.4 Å². The Kier molecular flexibility index (Phi) is 5.36. The summed E-state index contributed by atoms with van der Waals surface area (Å²) in [4.78, 5) is 14.8. The van der Waals surface area contributed by atoms with Crippen molar-refractivity contribution in [3.63, 3.8) is 0 Å². The van der Waals surface area contributed by atoms with Crippen molar-refractivity contribution in [2.24, 2.45) is 0 Å². The van der Waals surface area contributed by atoms with E-state index < -0.39 is 0 Å². The van der Waals surface area contributed by atoms with Gasteiger partial charge in [-0.25, -0.2) is 15.0 Å². The van der Waals surface area contributed by atoms with Crippen LogP contribution in [-0.2, 0) is 0 Å². The van der Waals surface area contributed by atoms with Crippen LogP contribution in [0.4, 0.5) is 0 Å². The molecule has 0 fully saturated rings. The monoisotopic (exact) mass is 566 g/mol. The standard InChI is InChI=1S/C37H22N6O/c1-3-10-23(11-4-1)34-39-35(24-12-5-2-6-13-24)41-36(40-34)25-14-9-15-26(22-25)43-33-27(28-20-21-38-42-37(28)43)18-19-31-32(33)29-16-7-8-17-30(29)44-31/h1-22H. The lowest BCUT2D eigenvalue weighted by Crippen LogP contribution is -2.01. The summed E-state index contributed by atoms with van der Waals surface area (Å²) in [5.74, 6) is 1.83. The Morgan fingerprint density at radius 3 is 1.91 bits per heavy atom. The molecule has 206 valence electrons. The molecule has 0 spiro atoms. The maximum atomic E-state index is 6.27. The molecule has 4 aromatic heterocycles. The Morgan fingerprint density at radius 1 is 0.500 bits per heavy atom. The number of nitrogens with zero attached hydrogens (tertiary/aromatic N) is 6. The highest BCUT2D eigenvalue weighted by atomic mass is 16.3. The summed E-state index contributed by atoms with van der Waals surface area (Å²) < 4.78 is 8.44. The average Bonchev–Trinajstić information content (AvgIpc) is 3.65. The topological polar surface area (TPSA) is 82.5 Å². The van der Waals surface area contributed by atoms with Crippen molar-refractivity contribution < 1.29 is 4.42 Å². The lowest BCUT2D eigenvalue weighted by Gasteiger charge is -2.11. The predicted molar refractivity (Wildman–Crippen MR) is 173 cm³/mol. The zero-order valence-corrected chi connectivity index (χ0v) is 23.3. The smallest absolute Gasteiger partial charge is 0.168 e. The van der Waals surface area contributed by atoms with E-state index in [1.807, 2.05) is 103 Å². The van der Waals surface area contributed by atoms with Crippen molar-refractivity contribution in [1.82, 2.24) is 29.7 Å². The first-order valence-corrected chi connectivity index (χ1v) is 14.4. The van der Waals surface area contributed by atoms with Gasteiger partial charge in [-0.3, -0.25) is 4.57 Å². The Hall–Kier alpha value is -6.21. The van der Waals surface area contributed by atoms with Crippen molar-refractivity contribution in [2.75, 3.05) is 0 Å². The van der Waals surface area contributed by atoms with E-state index >= 15 is 0 Å². The summed E-state index contributed by atoms with van der Waals surface area (Å²) >= 11 is 0. The van der Waals surface area contributed by atoms with Gasteiger partial charge in [0.25, 0.3) is 0 Å². The van der Waals surface area contributed by atoms with Gasteiger partial charge in [-0.15, -0.1) is 5.10 Å². The number of benzene rings is 5. The lowest BCUT2D eigenvalue weighted by atomic mass is 10.1. The zero-order chi connectivity index (χ0) is 29.0. The molecule has 0 radical (unpaired) electrons. The average molecular weight is 567 g/mol. The van der Waals surface area contributed by atoms with Crippen LogP contribution in [0.2, 0.25) is 0 Å². The third kappa shape index (κ3) is 3.80. The number of hydrogen-bond donors (Lipinski definition) is 0. The summed E-state index contributed by atoms with van der Waals surface area (Å²) in [5, 5.41) is 13.1. The van der Waals surface area contributed by atoms with E-state index in [-0.39, 0.29) is 0 Å². The van der Waals surface area contributed by atoms with E-state index in [1.165, 1.54) is 0 Å². The lowest BCUT2D eigenvalue weighted by molar-refractivity contribution is 0.669. The quantitative estimate of drug-likeness (QED) is 0.212. The minimum absolute atomic E-state index is 0.588. The van der Waals surface area contributed by atoms with E-state index in [0.717, 1.165) is 66.3 Å². The molecule has 0 saturated heterocycles. The van der Waals surface area contributed by atoms with Gasteiger partial charge in [0.2, 0.25) is 0 Å². The molecule has 0 saturated carbocycles. The minimum atomic E-state index is 0.588. The van der Waals surface area contributed by atoms with Gasteiger partial charge >= 0.3 is 0 Å². The van der Waals surface area contributed by atoms with Crippen LogP contribution in [0.1, 0.15) is 0 Å². The van der Waals surface area contributed by atoms with Crippen LogP contribution in [0.5, 0.6) is 0 Å². The molecule has 0 amide bonds. The van der Waals surface area contributed by atoms with Crippen molar-refractivity contribution in [3.8, 4) is 39.9 Å². The highest BCUT2D eigenvalue weighted by Gasteiger charge is 2.20. The molecule has 5 aromatic carbocycles. The maximum Gasteiger partial charge on any atom is 0.168 e. The van der Waals surface area contributed by atoms with Crippen LogP contribution in [0.15, 0.2) is 138 Å². The summed E-state index contributed by atoms with van der Waals surface area (Å²) in [5.41, 5.74) is 7.09. The molecule has 0 aliphatic carbocycles. The number of para-hydroxylation sites is 1. The zero-order valence-electron chi connectivity index (χ0n) is 23.3. The van der Waals surface area contributed by atoms with Gasteiger partial charge in [0.1, 0.15) is 11.2 Å². The minimum Gasteiger partial charge on any atom is -0.456 e. The second-order valence-electron chi connectivity index (χ2n) is 10.6. The molecule has 44 heavy (non-hydrogen) atoms. The first-order valence-electron chi connectivity index (χ1n) is 14.4. The van der Waals surface area contributed by atoms with Crippen LogP contribution < -0.4 is 0 Å². The Morgan fingerprint density at radius 2 is 1.16 bits per heavy atom. The number of aromatic nitrogens is 6. The summed E-state index contributed by atoms with van der Waals surface area (Å²) in [7, 11) is 0. The molecule has 4 heterocycles. The molecule has 0 N–H and O–H groups in total. The fourth-order valence-corrected chi connectivity index (χ4v) is 6.03. The third-order valence-electron chi connectivity index (χ3n) is 8.00. The summed E-state index contributed by atoms with van der Waals surface area (Å²) in [6.07, 6.45) is 1.74. The Bertz CT molecular complexity index is 2440. The summed E-state index contributed by atoms with van der Waals surface area (Å²) in [6.45, 7) is 0. The van der Waals surface area contributed by atoms with Crippen LogP contribution in [0, 0.1) is 0 Å². The molecular formula is C37H22N6O. The van der Waals surface area contributed by atoms with Gasteiger partial charge in [-0.1, -0.05) is 91.0 Å². The molecule has 0 aliphatic heterocycles. The van der Waals surface area contributed by atoms with Crippen molar-refractivity contribution in [1.29, 1.82) is 0 Å². The van der Waals surface area contributed by atoms with Gasteiger partial charge in [0.05, 0.1) is 17.1 Å². The second kappa shape index (κ2) is 9.68. The molecule has 7 heteroatoms. The van der Waals surface area contributed by atoms with E-state index in [9.17, 15) is 0 Å². The molecular weight excluding hydrogens is 544 g/mol. The highest BCUT2D eigenvalue weighted by molar-refractivity contribution is 6.24. The molecule has 0 atom stereocenters. The largest absolute Gasteiger partial charge is 0.456 e. The molecule has 0 unspecified atom stereocenters. The number of rotatable bonds is 4. The van der Waals surface area contributed by atoms with Gasteiger partial charge < -0.3 is 4.42 Å². The molecule has 0 aliphatic rings.